The van der Waals surface area contributed by atoms with E-state index < -0.39 is 0 Å². The van der Waals surface area contributed by atoms with Crippen LogP contribution in [0.2, 0.25) is 0 Å². The minimum atomic E-state index is 1.10. The van der Waals surface area contributed by atoms with E-state index in [-0.39, 0.29) is 0 Å². The maximum atomic E-state index is 2.49. The van der Waals surface area contributed by atoms with Crippen LogP contribution in [0, 0.1) is 0 Å². The largest absolute Gasteiger partial charge is 0.309 e. The van der Waals surface area contributed by atoms with Crippen molar-refractivity contribution in [2.24, 2.45) is 0 Å². The highest BCUT2D eigenvalue weighted by Gasteiger charge is 2.23. The highest BCUT2D eigenvalue weighted by atomic mass is 32.1. The number of fused-ring (bicyclic) bond motifs is 8. The van der Waals surface area contributed by atoms with Crippen LogP contribution in [0.4, 0.5) is 17.1 Å². The zero-order valence-electron chi connectivity index (χ0n) is 32.0. The Kier molecular flexibility index (Phi) is 7.97. The molecular weight excluding hydrogens is 751 g/mol. The summed E-state index contributed by atoms with van der Waals surface area (Å²) >= 11 is 3.77. The van der Waals surface area contributed by atoms with Crippen LogP contribution in [0.15, 0.2) is 212 Å². The number of benzene rings is 10. The van der Waals surface area contributed by atoms with Crippen LogP contribution in [0.5, 0.6) is 0 Å². The van der Waals surface area contributed by atoms with Gasteiger partial charge >= 0.3 is 0 Å². The molecule has 0 aliphatic carbocycles. The van der Waals surface area contributed by atoms with Crippen LogP contribution in [0.3, 0.4) is 0 Å². The van der Waals surface area contributed by atoms with Gasteiger partial charge in [-0.1, -0.05) is 170 Å². The van der Waals surface area contributed by atoms with Gasteiger partial charge in [-0.15, -0.1) is 22.7 Å². The van der Waals surface area contributed by atoms with Gasteiger partial charge in [0.2, 0.25) is 0 Å². The zero-order valence-corrected chi connectivity index (χ0v) is 33.6. The third-order valence-electron chi connectivity index (χ3n) is 11.9. The summed E-state index contributed by atoms with van der Waals surface area (Å²) < 4.78 is 5.23. The zero-order chi connectivity index (χ0) is 38.9. The molecule has 0 spiro atoms. The molecule has 2 aromatic heterocycles. The molecule has 10 aromatic carbocycles. The van der Waals surface area contributed by atoms with E-state index in [9.17, 15) is 0 Å². The quantitative estimate of drug-likeness (QED) is 0.152. The van der Waals surface area contributed by atoms with Crippen LogP contribution in [-0.2, 0) is 0 Å². The molecule has 59 heavy (non-hydrogen) atoms. The molecule has 0 radical (unpaired) electrons. The Balaban J connectivity index is 1.11. The summed E-state index contributed by atoms with van der Waals surface area (Å²) in [5.74, 6) is 0. The van der Waals surface area contributed by atoms with Gasteiger partial charge in [0, 0.05) is 68.3 Å². The number of thiophene rings is 2. The second-order valence-corrected chi connectivity index (χ2v) is 17.3. The third-order valence-corrected chi connectivity index (χ3v) is 14.3. The molecule has 0 bridgehead atoms. The highest BCUT2D eigenvalue weighted by molar-refractivity contribution is 7.26. The van der Waals surface area contributed by atoms with Gasteiger partial charge in [-0.3, -0.25) is 0 Å². The van der Waals surface area contributed by atoms with E-state index in [4.69, 9.17) is 0 Å². The van der Waals surface area contributed by atoms with Crippen molar-refractivity contribution < 1.29 is 0 Å². The predicted molar refractivity (Wildman–Crippen MR) is 258 cm³/mol. The molecule has 1 nitrogen and oxygen atoms in total. The first-order valence-corrected chi connectivity index (χ1v) is 21.7. The van der Waals surface area contributed by atoms with Crippen molar-refractivity contribution in [3.63, 3.8) is 0 Å². The van der Waals surface area contributed by atoms with Crippen LogP contribution < -0.4 is 4.90 Å². The first-order valence-electron chi connectivity index (χ1n) is 20.1. The SMILES string of the molecule is c1ccc(N(c2ccc(-c3c4ccccc4cc4ccccc34)cc2)c2ccccc2-c2cccc3c2sc2ccccc23)c(-c2cccc3c2sc2ccccc23)c1. The molecule has 0 atom stereocenters. The molecule has 276 valence electrons. The van der Waals surface area contributed by atoms with Gasteiger partial charge in [0.05, 0.1) is 11.4 Å². The lowest BCUT2D eigenvalue weighted by atomic mass is 9.92. The Bertz CT molecular complexity index is 3360. The van der Waals surface area contributed by atoms with Gasteiger partial charge in [0.25, 0.3) is 0 Å². The maximum absolute atomic E-state index is 2.49. The summed E-state index contributed by atoms with van der Waals surface area (Å²) in [7, 11) is 0. The predicted octanol–water partition coefficient (Wildman–Crippen LogP) is 17.2. The number of hydrogen-bond acceptors (Lipinski definition) is 3. The average molecular weight is 786 g/mol. The van der Waals surface area contributed by atoms with Gasteiger partial charge in [-0.2, -0.15) is 0 Å². The van der Waals surface area contributed by atoms with E-state index in [1.54, 1.807) is 0 Å². The van der Waals surface area contributed by atoms with Gasteiger partial charge in [0.1, 0.15) is 0 Å². The van der Waals surface area contributed by atoms with Crippen LogP contribution in [0.25, 0.3) is 95.3 Å². The van der Waals surface area contributed by atoms with Crippen molar-refractivity contribution in [3.8, 4) is 33.4 Å². The second kappa shape index (κ2) is 13.8. The molecular formula is C56H35NS2. The van der Waals surface area contributed by atoms with Crippen molar-refractivity contribution in [2.75, 3.05) is 4.90 Å². The minimum absolute atomic E-state index is 1.10. The minimum Gasteiger partial charge on any atom is -0.309 e. The Hall–Kier alpha value is -7.04. The lowest BCUT2D eigenvalue weighted by Gasteiger charge is -2.30. The maximum Gasteiger partial charge on any atom is 0.0540 e. The van der Waals surface area contributed by atoms with Crippen molar-refractivity contribution in [3.05, 3.63) is 212 Å². The van der Waals surface area contributed by atoms with E-state index in [0.29, 0.717) is 0 Å². The number of rotatable bonds is 6. The summed E-state index contributed by atoms with van der Waals surface area (Å²) in [4.78, 5) is 2.49. The summed E-state index contributed by atoms with van der Waals surface area (Å²) in [6, 6.07) is 78.2. The average Bonchev–Trinajstić information content (AvgIpc) is 3.88. The fourth-order valence-corrected chi connectivity index (χ4v) is 11.7. The molecule has 0 saturated heterocycles. The van der Waals surface area contributed by atoms with E-state index in [1.807, 2.05) is 22.7 Å². The second-order valence-electron chi connectivity index (χ2n) is 15.2. The van der Waals surface area contributed by atoms with E-state index in [0.717, 1.165) is 17.1 Å². The van der Waals surface area contributed by atoms with Crippen molar-refractivity contribution in [1.82, 2.24) is 0 Å². The summed E-state index contributed by atoms with van der Waals surface area (Å²) in [5.41, 5.74) is 10.7. The van der Waals surface area contributed by atoms with E-state index in [2.05, 4.69) is 217 Å². The standard InChI is InChI=1S/C56H35NS2/c1-3-17-40-37(15-1)35-38-16-2-4-18-41(38)54(40)36-31-33-39(34-32-36)57(50-27-9-5-19-42(50)46-23-13-25-48-44-21-7-11-29-52(44)58-55(46)48)51-28-10-6-20-43(51)47-24-14-26-49-45-22-8-12-30-53(45)59-56(47)49/h1-35H. The van der Waals surface area contributed by atoms with Gasteiger partial charge in [-0.25, -0.2) is 0 Å². The lowest BCUT2D eigenvalue weighted by Crippen LogP contribution is -2.12. The number of anilines is 3. The monoisotopic (exact) mass is 785 g/mol. The lowest BCUT2D eigenvalue weighted by molar-refractivity contribution is 1.29. The molecule has 0 aliphatic heterocycles. The fourth-order valence-electron chi connectivity index (χ4n) is 9.22. The molecule has 12 aromatic rings. The Labute approximate surface area is 350 Å². The first-order chi connectivity index (χ1) is 29.3. The van der Waals surface area contributed by atoms with Gasteiger partial charge < -0.3 is 4.90 Å². The smallest absolute Gasteiger partial charge is 0.0540 e. The van der Waals surface area contributed by atoms with Crippen LogP contribution >= 0.6 is 22.7 Å². The summed E-state index contributed by atoms with van der Waals surface area (Å²) in [5, 5.41) is 10.2. The molecule has 0 N–H and O–H groups in total. The van der Waals surface area contributed by atoms with Gasteiger partial charge in [-0.05, 0) is 75.1 Å². The van der Waals surface area contributed by atoms with E-state index in [1.165, 1.54) is 95.3 Å². The molecule has 0 saturated carbocycles. The van der Waals surface area contributed by atoms with Crippen LogP contribution in [-0.4, -0.2) is 0 Å². The number of hydrogen-bond donors (Lipinski definition) is 0. The van der Waals surface area contributed by atoms with Crippen molar-refractivity contribution in [1.29, 1.82) is 0 Å². The van der Waals surface area contributed by atoms with Crippen molar-refractivity contribution >= 4 is 102 Å². The number of para-hydroxylation sites is 2. The van der Waals surface area contributed by atoms with E-state index >= 15 is 0 Å². The Morgan fingerprint density at radius 1 is 0.305 bits per heavy atom. The molecule has 0 aliphatic rings. The van der Waals surface area contributed by atoms with Crippen molar-refractivity contribution in [2.45, 2.75) is 0 Å². The molecule has 12 rings (SSSR count). The molecule has 0 amide bonds. The summed E-state index contributed by atoms with van der Waals surface area (Å²) in [6.45, 7) is 0. The highest BCUT2D eigenvalue weighted by Crippen LogP contribution is 2.50. The molecule has 0 unspecified atom stereocenters. The third kappa shape index (κ3) is 5.51. The molecule has 0 fully saturated rings. The number of nitrogens with zero attached hydrogens (tertiary/aromatic N) is 1. The Morgan fingerprint density at radius 3 is 1.24 bits per heavy atom. The molecule has 2 heterocycles. The fraction of sp³-hybridized carbons (Fsp3) is 0. The Morgan fingerprint density at radius 2 is 0.712 bits per heavy atom. The van der Waals surface area contributed by atoms with Crippen LogP contribution in [0.1, 0.15) is 0 Å². The normalized spacial score (nSPS) is 11.7. The summed E-state index contributed by atoms with van der Waals surface area (Å²) in [6.07, 6.45) is 0. The van der Waals surface area contributed by atoms with Gasteiger partial charge in [0.15, 0.2) is 0 Å². The topological polar surface area (TPSA) is 3.24 Å². The molecule has 3 heteroatoms. The first kappa shape index (κ1) is 34.0.